The largest absolute Gasteiger partial charge is 0.459 e. The first-order valence-electron chi connectivity index (χ1n) is 8.65. The summed E-state index contributed by atoms with van der Waals surface area (Å²) in [5.74, 6) is 0.204. The van der Waals surface area contributed by atoms with Gasteiger partial charge >= 0.3 is 0 Å². The third-order valence-corrected chi connectivity index (χ3v) is 4.84. The van der Waals surface area contributed by atoms with E-state index in [1.54, 1.807) is 12.1 Å². The molecule has 1 aromatic carbocycles. The Balaban J connectivity index is 1.46. The Morgan fingerprint density at radius 2 is 1.96 bits per heavy atom. The minimum absolute atomic E-state index is 0.153. The summed E-state index contributed by atoms with van der Waals surface area (Å²) in [5, 5.41) is 7.05. The van der Waals surface area contributed by atoms with Crippen molar-refractivity contribution < 1.29 is 9.21 Å². The molecule has 0 unspecified atom stereocenters. The van der Waals surface area contributed by atoms with E-state index in [0.717, 1.165) is 43.2 Å². The lowest BCUT2D eigenvalue weighted by atomic mass is 10.1. The smallest absolute Gasteiger partial charge is 0.287 e. The summed E-state index contributed by atoms with van der Waals surface area (Å²) >= 11 is 5.52. The second-order valence-corrected chi connectivity index (χ2v) is 6.58. The minimum atomic E-state index is -0.153. The fourth-order valence-corrected chi connectivity index (χ4v) is 3.22. The van der Waals surface area contributed by atoms with Gasteiger partial charge in [-0.1, -0.05) is 19.1 Å². The monoisotopic (exact) mass is 357 g/mol. The van der Waals surface area contributed by atoms with Crippen molar-refractivity contribution in [1.29, 1.82) is 0 Å². The number of piperidine rings is 1. The lowest BCUT2D eigenvalue weighted by Crippen LogP contribution is -2.47. The molecule has 3 rings (SSSR count). The summed E-state index contributed by atoms with van der Waals surface area (Å²) in [6.07, 6.45) is 4.27. The van der Waals surface area contributed by atoms with Crippen LogP contribution in [-0.4, -0.2) is 35.1 Å². The highest BCUT2D eigenvalue weighted by atomic mass is 32.1. The molecule has 2 N–H and O–H groups in total. The maximum absolute atomic E-state index is 12.0. The number of anilines is 1. The number of nitrogens with one attached hydrogen (secondary N) is 2. The van der Waals surface area contributed by atoms with Crippen LogP contribution in [0.4, 0.5) is 5.69 Å². The highest BCUT2D eigenvalue weighted by molar-refractivity contribution is 7.80. The third kappa shape index (κ3) is 4.60. The van der Waals surface area contributed by atoms with Gasteiger partial charge in [-0.05, 0) is 61.3 Å². The maximum Gasteiger partial charge on any atom is 0.287 e. The Hall–Kier alpha value is -2.34. The lowest BCUT2D eigenvalue weighted by Gasteiger charge is -2.34. The quantitative estimate of drug-likeness (QED) is 0.821. The van der Waals surface area contributed by atoms with Crippen molar-refractivity contribution in [2.45, 2.75) is 32.2 Å². The molecule has 1 aromatic heterocycles. The molecule has 5 nitrogen and oxygen atoms in total. The standard InChI is InChI=1S/C19H23N3O2S/c1-2-14-5-7-15(8-6-14)21-19(25)22-11-9-16(10-12-22)20-18(23)17-4-3-13-24-17/h3-8,13,16H,2,9-12H2,1H3,(H,20,23)(H,21,25). The molecule has 2 heterocycles. The Kier molecular flexibility index (Phi) is 5.71. The normalized spacial score (nSPS) is 15.0. The number of rotatable bonds is 4. The molecular formula is C19H23N3O2S. The van der Waals surface area contributed by atoms with Gasteiger partial charge in [0.1, 0.15) is 0 Å². The predicted molar refractivity (Wildman–Crippen MR) is 103 cm³/mol. The fraction of sp³-hybridized carbons (Fsp3) is 0.368. The summed E-state index contributed by atoms with van der Waals surface area (Å²) in [7, 11) is 0. The highest BCUT2D eigenvalue weighted by Crippen LogP contribution is 2.15. The maximum atomic E-state index is 12.0. The Labute approximate surface area is 153 Å². The minimum Gasteiger partial charge on any atom is -0.459 e. The summed E-state index contributed by atoms with van der Waals surface area (Å²) in [4.78, 5) is 14.2. The van der Waals surface area contributed by atoms with Crippen molar-refractivity contribution in [3.8, 4) is 0 Å². The van der Waals surface area contributed by atoms with Crippen LogP contribution >= 0.6 is 12.2 Å². The zero-order valence-electron chi connectivity index (χ0n) is 14.3. The molecule has 1 fully saturated rings. The van der Waals surface area contributed by atoms with Gasteiger partial charge in [0.2, 0.25) is 0 Å². The van der Waals surface area contributed by atoms with E-state index < -0.39 is 0 Å². The molecule has 0 spiro atoms. The van der Waals surface area contributed by atoms with Crippen molar-refractivity contribution in [3.05, 3.63) is 54.0 Å². The molecule has 0 radical (unpaired) electrons. The number of thiocarbonyl (C=S) groups is 1. The van der Waals surface area contributed by atoms with Crippen LogP contribution in [0.1, 0.15) is 35.9 Å². The summed E-state index contributed by atoms with van der Waals surface area (Å²) in [6, 6.07) is 11.9. The van der Waals surface area contributed by atoms with Crippen molar-refractivity contribution in [1.82, 2.24) is 10.2 Å². The van der Waals surface area contributed by atoms with Gasteiger partial charge in [-0.25, -0.2) is 0 Å². The Morgan fingerprint density at radius 1 is 1.24 bits per heavy atom. The Morgan fingerprint density at radius 3 is 2.56 bits per heavy atom. The molecule has 0 saturated carbocycles. The first kappa shape index (κ1) is 17.5. The van der Waals surface area contributed by atoms with Gasteiger partial charge in [0.25, 0.3) is 5.91 Å². The van der Waals surface area contributed by atoms with Crippen molar-refractivity contribution in [2.24, 2.45) is 0 Å². The molecule has 1 amide bonds. The molecule has 25 heavy (non-hydrogen) atoms. The van der Waals surface area contributed by atoms with Gasteiger partial charge in [0.05, 0.1) is 6.26 Å². The van der Waals surface area contributed by atoms with Crippen LogP contribution in [-0.2, 0) is 6.42 Å². The second-order valence-electron chi connectivity index (χ2n) is 6.19. The zero-order chi connectivity index (χ0) is 17.6. The average Bonchev–Trinajstić information content (AvgIpc) is 3.18. The number of likely N-dealkylation sites (tertiary alicyclic amines) is 1. The van der Waals surface area contributed by atoms with Crippen LogP contribution in [0, 0.1) is 0 Å². The fourth-order valence-electron chi connectivity index (χ4n) is 2.92. The van der Waals surface area contributed by atoms with Crippen LogP contribution in [0.15, 0.2) is 47.1 Å². The second kappa shape index (κ2) is 8.16. The van der Waals surface area contributed by atoms with E-state index in [-0.39, 0.29) is 11.9 Å². The van der Waals surface area contributed by atoms with E-state index in [2.05, 4.69) is 46.7 Å². The highest BCUT2D eigenvalue weighted by Gasteiger charge is 2.23. The SMILES string of the molecule is CCc1ccc(NC(=S)N2CCC(NC(=O)c3ccco3)CC2)cc1. The molecular weight excluding hydrogens is 334 g/mol. The molecule has 0 atom stereocenters. The van der Waals surface area contributed by atoms with Gasteiger partial charge < -0.3 is 20.0 Å². The van der Waals surface area contributed by atoms with Gasteiger partial charge in [-0.2, -0.15) is 0 Å². The van der Waals surface area contributed by atoms with Crippen molar-refractivity contribution in [3.63, 3.8) is 0 Å². The third-order valence-electron chi connectivity index (χ3n) is 4.48. The van der Waals surface area contributed by atoms with E-state index in [0.29, 0.717) is 5.76 Å². The van der Waals surface area contributed by atoms with Crippen LogP contribution < -0.4 is 10.6 Å². The predicted octanol–water partition coefficient (Wildman–Crippen LogP) is 3.43. The van der Waals surface area contributed by atoms with E-state index in [1.165, 1.54) is 11.8 Å². The summed E-state index contributed by atoms with van der Waals surface area (Å²) < 4.78 is 5.13. The van der Waals surface area contributed by atoms with Crippen molar-refractivity contribution in [2.75, 3.05) is 18.4 Å². The number of benzene rings is 1. The van der Waals surface area contributed by atoms with E-state index >= 15 is 0 Å². The summed E-state index contributed by atoms with van der Waals surface area (Å²) in [6.45, 7) is 3.78. The topological polar surface area (TPSA) is 57.5 Å². The van der Waals surface area contributed by atoms with Gasteiger partial charge in [0, 0.05) is 24.8 Å². The summed E-state index contributed by atoms with van der Waals surface area (Å²) in [5.41, 5.74) is 2.32. The van der Waals surface area contributed by atoms with Crippen LogP contribution in [0.2, 0.25) is 0 Å². The van der Waals surface area contributed by atoms with Gasteiger partial charge in [-0.3, -0.25) is 4.79 Å². The molecule has 1 aliphatic rings. The number of carbonyl (C=O) groups excluding carboxylic acids is 1. The van der Waals surface area contributed by atoms with Crippen LogP contribution in [0.25, 0.3) is 0 Å². The molecule has 1 saturated heterocycles. The number of hydrogen-bond acceptors (Lipinski definition) is 3. The van der Waals surface area contributed by atoms with Crippen LogP contribution in [0.3, 0.4) is 0 Å². The molecule has 2 aromatic rings. The van der Waals surface area contributed by atoms with Crippen LogP contribution in [0.5, 0.6) is 0 Å². The number of furan rings is 1. The van der Waals surface area contributed by atoms with Crippen molar-refractivity contribution >= 4 is 28.9 Å². The first-order valence-corrected chi connectivity index (χ1v) is 9.05. The Bertz CT molecular complexity index is 705. The molecule has 6 heteroatoms. The lowest BCUT2D eigenvalue weighted by molar-refractivity contribution is 0.0894. The number of amides is 1. The van der Waals surface area contributed by atoms with E-state index in [4.69, 9.17) is 16.6 Å². The molecule has 1 aliphatic heterocycles. The number of aryl methyl sites for hydroxylation is 1. The first-order chi connectivity index (χ1) is 12.2. The number of carbonyl (C=O) groups is 1. The molecule has 0 aliphatic carbocycles. The van der Waals surface area contributed by atoms with E-state index in [9.17, 15) is 4.79 Å². The number of hydrogen-bond donors (Lipinski definition) is 2. The number of nitrogens with zero attached hydrogens (tertiary/aromatic N) is 1. The average molecular weight is 357 g/mol. The van der Waals surface area contributed by atoms with Gasteiger partial charge in [0.15, 0.2) is 10.9 Å². The zero-order valence-corrected chi connectivity index (χ0v) is 15.1. The van der Waals surface area contributed by atoms with E-state index in [1.807, 2.05) is 0 Å². The molecule has 132 valence electrons. The van der Waals surface area contributed by atoms with Gasteiger partial charge in [-0.15, -0.1) is 0 Å². The molecule has 0 bridgehead atoms.